The fourth-order valence-electron chi connectivity index (χ4n) is 2.57. The first-order valence-electron chi connectivity index (χ1n) is 8.95. The van der Waals surface area contributed by atoms with Gasteiger partial charge in [-0.1, -0.05) is 24.3 Å². The summed E-state index contributed by atoms with van der Waals surface area (Å²) in [5, 5.41) is 2.23. The molecule has 1 aliphatic heterocycles. The SMILES string of the molecule is CC(C)(C)OC(=O)N[C@H](c1ccc(B2OC(C)(C)C(C)(C)O2)cc1)C(F)F. The molecular formula is C19H28BF2NO4. The van der Waals surface area contributed by atoms with Gasteiger partial charge in [0.05, 0.1) is 11.2 Å². The molecule has 5 nitrogen and oxygen atoms in total. The highest BCUT2D eigenvalue weighted by Crippen LogP contribution is 2.36. The van der Waals surface area contributed by atoms with Crippen LogP contribution < -0.4 is 10.8 Å². The van der Waals surface area contributed by atoms with Crippen LogP contribution in [-0.2, 0) is 14.0 Å². The van der Waals surface area contributed by atoms with E-state index in [1.165, 1.54) is 12.1 Å². The Bertz CT molecular complexity index is 655. The second-order valence-electron chi connectivity index (χ2n) is 8.71. The van der Waals surface area contributed by atoms with Crippen LogP contribution in [0.25, 0.3) is 0 Å². The molecule has 0 bridgehead atoms. The van der Waals surface area contributed by atoms with Crippen LogP contribution in [0.2, 0.25) is 0 Å². The van der Waals surface area contributed by atoms with Gasteiger partial charge in [0.1, 0.15) is 11.6 Å². The predicted molar refractivity (Wildman–Crippen MR) is 100 cm³/mol. The molecule has 0 radical (unpaired) electrons. The number of hydrogen-bond donors (Lipinski definition) is 1. The number of carbonyl (C=O) groups excluding carboxylic acids is 1. The van der Waals surface area contributed by atoms with E-state index in [1.54, 1.807) is 32.9 Å². The molecule has 0 spiro atoms. The number of alkyl carbamates (subject to hydrolysis) is 1. The number of carbonyl (C=O) groups is 1. The number of hydrogen-bond acceptors (Lipinski definition) is 4. The van der Waals surface area contributed by atoms with E-state index in [4.69, 9.17) is 14.0 Å². The fraction of sp³-hybridized carbons (Fsp3) is 0.632. The van der Waals surface area contributed by atoms with Crippen LogP contribution in [-0.4, -0.2) is 36.4 Å². The summed E-state index contributed by atoms with van der Waals surface area (Å²) in [5.41, 5.74) is -0.740. The van der Waals surface area contributed by atoms with Gasteiger partial charge in [-0.15, -0.1) is 0 Å². The van der Waals surface area contributed by atoms with Crippen LogP contribution in [0.4, 0.5) is 13.6 Å². The average molecular weight is 383 g/mol. The van der Waals surface area contributed by atoms with E-state index in [2.05, 4.69) is 5.32 Å². The largest absolute Gasteiger partial charge is 0.494 e. The molecule has 0 unspecified atom stereocenters. The fourth-order valence-corrected chi connectivity index (χ4v) is 2.57. The number of benzene rings is 1. The molecule has 0 saturated carbocycles. The Kier molecular flexibility index (Phi) is 5.92. The number of alkyl halides is 2. The van der Waals surface area contributed by atoms with Gasteiger partial charge in [-0.3, -0.25) is 0 Å². The Hall–Kier alpha value is -1.67. The van der Waals surface area contributed by atoms with Gasteiger partial charge in [0.25, 0.3) is 6.43 Å². The van der Waals surface area contributed by atoms with E-state index >= 15 is 0 Å². The zero-order valence-corrected chi connectivity index (χ0v) is 16.9. The highest BCUT2D eigenvalue weighted by atomic mass is 19.3. The zero-order chi connectivity index (χ0) is 20.6. The molecule has 27 heavy (non-hydrogen) atoms. The van der Waals surface area contributed by atoms with Crippen molar-refractivity contribution in [2.24, 2.45) is 0 Å². The molecule has 1 heterocycles. The van der Waals surface area contributed by atoms with Crippen molar-refractivity contribution in [1.82, 2.24) is 5.32 Å². The van der Waals surface area contributed by atoms with E-state index < -0.39 is 42.5 Å². The van der Waals surface area contributed by atoms with Crippen LogP contribution in [0.3, 0.4) is 0 Å². The minimum Gasteiger partial charge on any atom is -0.444 e. The molecule has 1 aromatic rings. The monoisotopic (exact) mass is 383 g/mol. The summed E-state index contributed by atoms with van der Waals surface area (Å²) in [5.74, 6) is 0. The maximum absolute atomic E-state index is 13.5. The summed E-state index contributed by atoms with van der Waals surface area (Å²) < 4.78 is 43.9. The summed E-state index contributed by atoms with van der Waals surface area (Å²) in [6.45, 7) is 12.8. The van der Waals surface area contributed by atoms with Crippen LogP contribution in [0.5, 0.6) is 0 Å². The maximum Gasteiger partial charge on any atom is 0.494 e. The second kappa shape index (κ2) is 7.39. The lowest BCUT2D eigenvalue weighted by molar-refractivity contribution is 0.00578. The third-order valence-electron chi connectivity index (χ3n) is 4.75. The van der Waals surface area contributed by atoms with Crippen molar-refractivity contribution < 1.29 is 27.6 Å². The molecule has 1 amide bonds. The summed E-state index contributed by atoms with van der Waals surface area (Å²) in [6, 6.07) is 4.95. The number of ether oxygens (including phenoxy) is 1. The highest BCUT2D eigenvalue weighted by molar-refractivity contribution is 6.62. The first kappa shape index (κ1) is 21.6. The number of halogens is 2. The molecule has 1 fully saturated rings. The minimum absolute atomic E-state index is 0.274. The third kappa shape index (κ3) is 5.20. The topological polar surface area (TPSA) is 56.8 Å². The van der Waals surface area contributed by atoms with Crippen molar-refractivity contribution in [1.29, 1.82) is 0 Å². The van der Waals surface area contributed by atoms with Gasteiger partial charge >= 0.3 is 13.2 Å². The van der Waals surface area contributed by atoms with Crippen molar-refractivity contribution in [2.75, 3.05) is 0 Å². The molecule has 8 heteroatoms. The second-order valence-corrected chi connectivity index (χ2v) is 8.71. The minimum atomic E-state index is -2.78. The van der Waals surface area contributed by atoms with Gasteiger partial charge in [0.15, 0.2) is 0 Å². The molecule has 1 aromatic carbocycles. The lowest BCUT2D eigenvalue weighted by Gasteiger charge is -2.32. The van der Waals surface area contributed by atoms with Crippen LogP contribution >= 0.6 is 0 Å². The van der Waals surface area contributed by atoms with E-state index in [9.17, 15) is 13.6 Å². The third-order valence-corrected chi connectivity index (χ3v) is 4.75. The maximum atomic E-state index is 13.5. The standard InChI is InChI=1S/C19H28BF2NO4/c1-17(2,3)25-16(24)23-14(15(21)22)12-8-10-13(11-9-12)20-26-18(4,5)19(6,7)27-20/h8-11,14-15H,1-7H3,(H,23,24)/t14-/m1/s1. The first-order valence-corrected chi connectivity index (χ1v) is 8.95. The lowest BCUT2D eigenvalue weighted by atomic mass is 9.78. The van der Waals surface area contributed by atoms with Crippen molar-refractivity contribution in [2.45, 2.75) is 77.7 Å². The van der Waals surface area contributed by atoms with Crippen molar-refractivity contribution in [3.63, 3.8) is 0 Å². The van der Waals surface area contributed by atoms with E-state index in [0.29, 0.717) is 0 Å². The Morgan fingerprint density at radius 1 is 1.07 bits per heavy atom. The summed E-state index contributed by atoms with van der Waals surface area (Å²) in [4.78, 5) is 11.9. The van der Waals surface area contributed by atoms with Gasteiger partial charge in [-0.05, 0) is 59.5 Å². The summed E-state index contributed by atoms with van der Waals surface area (Å²) in [7, 11) is -0.576. The molecule has 0 aromatic heterocycles. The van der Waals surface area contributed by atoms with Crippen LogP contribution in [0.1, 0.15) is 60.1 Å². The van der Waals surface area contributed by atoms with Gasteiger partial charge in [-0.2, -0.15) is 0 Å². The van der Waals surface area contributed by atoms with E-state index in [-0.39, 0.29) is 5.56 Å². The normalized spacial score (nSPS) is 19.9. The number of amides is 1. The Morgan fingerprint density at radius 3 is 1.96 bits per heavy atom. The Balaban J connectivity index is 2.13. The van der Waals surface area contributed by atoms with Crippen molar-refractivity contribution >= 4 is 18.7 Å². The van der Waals surface area contributed by atoms with Crippen LogP contribution in [0.15, 0.2) is 24.3 Å². The average Bonchev–Trinajstić information content (AvgIpc) is 2.71. The number of nitrogens with one attached hydrogen (secondary N) is 1. The molecular weight excluding hydrogens is 355 g/mol. The molecule has 1 N–H and O–H groups in total. The molecule has 1 saturated heterocycles. The van der Waals surface area contributed by atoms with Crippen LogP contribution in [0, 0.1) is 0 Å². The molecule has 150 valence electrons. The Morgan fingerprint density at radius 2 is 1.56 bits per heavy atom. The number of rotatable bonds is 4. The van der Waals surface area contributed by atoms with Gasteiger partial charge in [0, 0.05) is 0 Å². The summed E-state index contributed by atoms with van der Waals surface area (Å²) >= 11 is 0. The quantitative estimate of drug-likeness (QED) is 0.804. The van der Waals surface area contributed by atoms with E-state index in [1.807, 2.05) is 27.7 Å². The zero-order valence-electron chi connectivity index (χ0n) is 16.9. The first-order chi connectivity index (χ1) is 12.2. The molecule has 2 rings (SSSR count). The van der Waals surface area contributed by atoms with Gasteiger partial charge in [-0.25, -0.2) is 13.6 Å². The van der Waals surface area contributed by atoms with Crippen molar-refractivity contribution in [3.05, 3.63) is 29.8 Å². The smallest absolute Gasteiger partial charge is 0.444 e. The molecule has 0 aliphatic carbocycles. The predicted octanol–water partition coefficient (Wildman–Crippen LogP) is 3.82. The van der Waals surface area contributed by atoms with Gasteiger partial charge in [0.2, 0.25) is 0 Å². The summed E-state index contributed by atoms with van der Waals surface area (Å²) in [6.07, 6.45) is -3.66. The van der Waals surface area contributed by atoms with E-state index in [0.717, 1.165) is 5.46 Å². The molecule has 1 atom stereocenters. The highest BCUT2D eigenvalue weighted by Gasteiger charge is 2.51. The van der Waals surface area contributed by atoms with Crippen molar-refractivity contribution in [3.8, 4) is 0 Å². The Labute approximate surface area is 159 Å². The molecule has 1 aliphatic rings. The lowest BCUT2D eigenvalue weighted by Crippen LogP contribution is -2.41. The van der Waals surface area contributed by atoms with Gasteiger partial charge < -0.3 is 19.4 Å².